The number of nitrogen functional groups attached to an aromatic ring is 2. The Kier molecular flexibility index (Phi) is 8.43. The molecule has 6 N–H and O–H groups in total. The Balaban J connectivity index is 1.24. The lowest BCUT2D eigenvalue weighted by Gasteiger charge is -2.34. The van der Waals surface area contributed by atoms with Crippen molar-refractivity contribution in [1.29, 1.82) is 0 Å². The maximum atomic E-state index is 16.3. The van der Waals surface area contributed by atoms with Crippen molar-refractivity contribution in [1.82, 2.24) is 39.0 Å². The summed E-state index contributed by atoms with van der Waals surface area (Å²) in [4.78, 5) is 35.3. The highest BCUT2D eigenvalue weighted by Crippen LogP contribution is 2.60. The fraction of sp³-hybridized carbons (Fsp3) is 0.500. The number of H-pyrrole nitrogens is 1. The summed E-state index contributed by atoms with van der Waals surface area (Å²) in [5, 5.41) is 11.9. The second-order valence-electron chi connectivity index (χ2n) is 11.0. The van der Waals surface area contributed by atoms with Gasteiger partial charge >= 0.3 is 7.82 Å². The molecule has 3 fully saturated rings. The number of hydrogen-bond donors (Lipinski definition) is 4. The third-order valence-corrected chi connectivity index (χ3v) is 12.5. The van der Waals surface area contributed by atoms with Gasteiger partial charge in [-0.3, -0.25) is 32.5 Å². The number of aromatic nitrogens is 8. The van der Waals surface area contributed by atoms with Crippen molar-refractivity contribution in [3.05, 3.63) is 29.3 Å². The third-order valence-electron chi connectivity index (χ3n) is 8.07. The third kappa shape index (κ3) is 5.63. The van der Waals surface area contributed by atoms with Crippen molar-refractivity contribution < 1.29 is 46.2 Å². The predicted octanol–water partition coefficient (Wildman–Crippen LogP) is 1.10. The smallest absolute Gasteiger partial charge is 0.384 e. The van der Waals surface area contributed by atoms with E-state index in [1.165, 1.54) is 28.1 Å². The number of hydrogen-bond acceptors (Lipinski definition) is 17. The van der Waals surface area contributed by atoms with Crippen LogP contribution in [-0.4, -0.2) is 107 Å². The molecule has 8 unspecified atom stereocenters. The van der Waals surface area contributed by atoms with Crippen molar-refractivity contribution >= 4 is 65.5 Å². The summed E-state index contributed by atoms with van der Waals surface area (Å²) in [6.45, 7) is -4.70. The molecule has 20 nitrogen and oxygen atoms in total. The van der Waals surface area contributed by atoms with Gasteiger partial charge in [0.05, 0.1) is 32.5 Å². The van der Waals surface area contributed by atoms with Crippen molar-refractivity contribution in [2.45, 2.75) is 49.0 Å². The molecule has 0 bridgehead atoms. The number of ether oxygens (including phenoxy) is 2. The number of phosphoric acid groups is 1. The number of halogens is 1. The van der Waals surface area contributed by atoms with Gasteiger partial charge < -0.3 is 35.1 Å². The molecule has 3 aliphatic heterocycles. The summed E-state index contributed by atoms with van der Waals surface area (Å²) in [5.41, 5.74) is 15.6. The monoisotopic (exact) mass is 730 g/mol. The highest BCUT2D eigenvalue weighted by atomic mass is 32.7. The quantitative estimate of drug-likeness (QED) is 0.215. The number of fused-ring (bicyclic) bond motifs is 4. The zero-order valence-electron chi connectivity index (χ0n) is 24.9. The van der Waals surface area contributed by atoms with Crippen molar-refractivity contribution in [2.75, 3.05) is 38.4 Å². The molecular formula is C24H29FN10O10P2S. The molecule has 258 valence electrons. The zero-order valence-corrected chi connectivity index (χ0v) is 27.5. The molecule has 3 aliphatic rings. The number of rotatable bonds is 3. The minimum Gasteiger partial charge on any atom is -0.384 e. The second kappa shape index (κ2) is 12.2. The lowest BCUT2D eigenvalue weighted by Crippen LogP contribution is -2.45. The molecule has 48 heavy (non-hydrogen) atoms. The van der Waals surface area contributed by atoms with Crippen LogP contribution in [0.1, 0.15) is 18.9 Å². The molecule has 0 saturated carbocycles. The summed E-state index contributed by atoms with van der Waals surface area (Å²) < 4.78 is 73.4. The van der Waals surface area contributed by atoms with E-state index in [2.05, 4.69) is 36.2 Å². The van der Waals surface area contributed by atoms with Crippen LogP contribution in [-0.2, 0) is 36.7 Å². The van der Waals surface area contributed by atoms with E-state index < -0.39 is 75.7 Å². The molecule has 9 atom stereocenters. The molecule has 7 rings (SSSR count). The lowest BCUT2D eigenvalue weighted by atomic mass is 9.95. The average Bonchev–Trinajstić information content (AvgIpc) is 3.81. The molecule has 24 heteroatoms. The minimum atomic E-state index is -4.49. The Morgan fingerprint density at radius 1 is 1.17 bits per heavy atom. The molecule has 7 heterocycles. The maximum Gasteiger partial charge on any atom is 0.474 e. The van der Waals surface area contributed by atoms with Gasteiger partial charge in [-0.1, -0.05) is 16.5 Å². The van der Waals surface area contributed by atoms with Crippen LogP contribution in [0.5, 0.6) is 0 Å². The van der Waals surface area contributed by atoms with E-state index in [-0.39, 0.29) is 47.1 Å². The first kappa shape index (κ1) is 33.2. The Labute approximate surface area is 272 Å². The number of nitrogens with zero attached hydrogens (tertiary/aromatic N) is 7. The van der Waals surface area contributed by atoms with Gasteiger partial charge in [0.1, 0.15) is 35.8 Å². The fourth-order valence-corrected chi connectivity index (χ4v) is 8.78. The van der Waals surface area contributed by atoms with E-state index in [1.54, 1.807) is 0 Å². The number of aliphatic hydroxyl groups is 1. The van der Waals surface area contributed by atoms with E-state index in [0.29, 0.717) is 10.8 Å². The highest BCUT2D eigenvalue weighted by Gasteiger charge is 2.55. The predicted molar refractivity (Wildman–Crippen MR) is 169 cm³/mol. The van der Waals surface area contributed by atoms with Crippen molar-refractivity contribution in [3.8, 4) is 5.69 Å². The number of phosphoric ester groups is 1. The van der Waals surface area contributed by atoms with E-state index in [9.17, 15) is 14.5 Å². The summed E-state index contributed by atoms with van der Waals surface area (Å²) >= 11 is 0. The Hall–Kier alpha value is -3.36. The summed E-state index contributed by atoms with van der Waals surface area (Å²) in [5.74, 6) is -0.114. The number of nitrogens with two attached hydrogens (primary N) is 2. The Bertz CT molecular complexity index is 2090. The normalized spacial score (nSPS) is 36.2. The number of imidazole rings is 2. The van der Waals surface area contributed by atoms with Gasteiger partial charge in [0, 0.05) is 13.5 Å². The van der Waals surface area contributed by atoms with Gasteiger partial charge in [0.2, 0.25) is 12.5 Å². The van der Waals surface area contributed by atoms with Gasteiger partial charge in [-0.05, 0) is 6.30 Å². The van der Waals surface area contributed by atoms with Crippen LogP contribution >= 0.6 is 25.2 Å². The summed E-state index contributed by atoms with van der Waals surface area (Å²) in [6, 6.07) is 0. The highest BCUT2D eigenvalue weighted by molar-refractivity contribution is 8.51. The molecular weight excluding hydrogens is 701 g/mol. The molecule has 4 aromatic heterocycles. The molecule has 0 aliphatic carbocycles. The van der Waals surface area contributed by atoms with Gasteiger partial charge in [-0.25, -0.2) is 28.9 Å². The first-order valence-electron chi connectivity index (χ1n) is 14.1. The van der Waals surface area contributed by atoms with E-state index in [1.807, 2.05) is 0 Å². The standard InChI is InChI=1S/C24H29FN10O10P2S/c1-39-47(38)41-5-4-24(37)7-40-22(35-10-31-14-19(35)32-23(27)33-20(14)36)16(24)45-46(2,48-3)42-6-11-15(44-47)12(25)21(43-11)34-9-30-13-17(26)28-8-29-18(13)34/h3,8-12,15-16,21-22,37H,2,4-7H2,1H3,(H2,26,28,29)(H3,27,32,33,36)/t11?,12?,15?,16?,21?,22?,24?,46-,47?/m1/s1. The molecule has 0 radical (unpaired) electrons. The summed E-state index contributed by atoms with van der Waals surface area (Å²) in [7, 11) is -2.80. The first-order valence-corrected chi connectivity index (χ1v) is 18.9. The Morgan fingerprint density at radius 3 is 2.67 bits per heavy atom. The average molecular weight is 731 g/mol. The SMILES string of the molecule is C#S[P@]1(=C)OCC2OC(n3cnc4c(N)ncnc43)C(F)C2OP(=O)(OC)OCCC2(O)COC(n3cnc4c(=O)[nH]c(N)nc43)C2O1. The number of aromatic amines is 1. The summed E-state index contributed by atoms with van der Waals surface area (Å²) in [6.07, 6.45) is -1.19. The number of alkyl halides is 1. The first-order chi connectivity index (χ1) is 22.9. The van der Waals surface area contributed by atoms with Crippen molar-refractivity contribution in [3.63, 3.8) is 0 Å². The molecule has 0 aromatic carbocycles. The molecule has 0 amide bonds. The zero-order chi connectivity index (χ0) is 34.0. The maximum absolute atomic E-state index is 16.3. The van der Waals surface area contributed by atoms with Crippen molar-refractivity contribution in [2.24, 2.45) is 0 Å². The van der Waals surface area contributed by atoms with Crippen LogP contribution in [0.3, 0.4) is 0 Å². The second-order valence-corrected chi connectivity index (χ2v) is 16.9. The fourth-order valence-electron chi connectivity index (χ4n) is 5.67. The lowest BCUT2D eigenvalue weighted by molar-refractivity contribution is -0.0597. The topological polar surface area (TPSA) is 261 Å². The van der Waals surface area contributed by atoms with E-state index in [0.717, 1.165) is 7.11 Å². The van der Waals surface area contributed by atoms with Crippen LogP contribution in [0.15, 0.2) is 23.8 Å². The molecule has 0 spiro atoms. The van der Waals surface area contributed by atoms with Crippen LogP contribution in [0.2, 0.25) is 0 Å². The van der Waals surface area contributed by atoms with Gasteiger partial charge in [-0.2, -0.15) is 4.98 Å². The molecule has 4 aromatic rings. The van der Waals surface area contributed by atoms with Gasteiger partial charge in [-0.15, -0.1) is 0 Å². The Morgan fingerprint density at radius 2 is 1.92 bits per heavy atom. The number of nitrogens with one attached hydrogen (secondary N) is 1. The van der Waals surface area contributed by atoms with Gasteiger partial charge in [0.15, 0.2) is 41.3 Å². The van der Waals surface area contributed by atoms with Crippen LogP contribution in [0.4, 0.5) is 16.2 Å². The number of anilines is 2. The van der Waals surface area contributed by atoms with Crippen LogP contribution in [0.25, 0.3) is 22.3 Å². The van der Waals surface area contributed by atoms with Gasteiger partial charge in [0.25, 0.3) is 5.56 Å². The van der Waals surface area contributed by atoms with E-state index >= 15 is 4.39 Å². The van der Waals surface area contributed by atoms with Crippen LogP contribution in [0, 0.1) is 5.69 Å². The largest absolute Gasteiger partial charge is 0.474 e. The van der Waals surface area contributed by atoms with Crippen LogP contribution < -0.4 is 17.0 Å². The minimum absolute atomic E-state index is 0.0427. The molecule has 3 saturated heterocycles. The van der Waals surface area contributed by atoms with E-state index in [4.69, 9.17) is 49.2 Å².